The fraction of sp³-hybridized carbons (Fsp3) is 0.667. The van der Waals surface area contributed by atoms with E-state index < -0.39 is 94.8 Å². The van der Waals surface area contributed by atoms with Gasteiger partial charge in [-0.3, -0.25) is 4.79 Å². The predicted molar refractivity (Wildman–Crippen MR) is 159 cm³/mol. The fourth-order valence-corrected chi connectivity index (χ4v) is 4.67. The van der Waals surface area contributed by atoms with E-state index in [1.807, 2.05) is 0 Å². The minimum atomic E-state index is -5.33. The first-order chi connectivity index (χ1) is 22.4. The molecule has 0 aliphatic carbocycles. The number of aromatic nitrogens is 3. The second-order valence-corrected chi connectivity index (χ2v) is 13.2. The number of rotatable bonds is 4. The van der Waals surface area contributed by atoms with Crippen molar-refractivity contribution in [3.8, 4) is 11.6 Å². The van der Waals surface area contributed by atoms with Crippen molar-refractivity contribution >= 4 is 29.7 Å². The molecular weight excluding hydrogens is 672 g/mol. The Balaban J connectivity index is 2.49. The van der Waals surface area contributed by atoms with Gasteiger partial charge in [0, 0.05) is 6.54 Å². The number of hydrogen-bond donors (Lipinski definition) is 1. The molecule has 0 spiro atoms. The molecule has 4 bridgehead atoms. The topological polar surface area (TPSA) is 157 Å². The maximum absolute atomic E-state index is 14.9. The van der Waals surface area contributed by atoms with Gasteiger partial charge in [-0.1, -0.05) is 12.8 Å². The van der Waals surface area contributed by atoms with Crippen molar-refractivity contribution in [3.63, 3.8) is 0 Å². The third-order valence-electron chi connectivity index (χ3n) is 6.77. The monoisotopic (exact) mass is 711 g/mol. The van der Waals surface area contributed by atoms with Crippen LogP contribution in [0.25, 0.3) is 11.6 Å². The van der Waals surface area contributed by atoms with E-state index in [4.69, 9.17) is 18.6 Å². The van der Waals surface area contributed by atoms with E-state index in [0.717, 1.165) is 4.90 Å². The Morgan fingerprint density at radius 3 is 2.02 bits per heavy atom. The highest BCUT2D eigenvalue weighted by Gasteiger charge is 2.58. The Morgan fingerprint density at radius 2 is 1.51 bits per heavy atom. The summed E-state index contributed by atoms with van der Waals surface area (Å²) < 4.78 is 108. The number of fused-ring (bicyclic) bond motifs is 5. The van der Waals surface area contributed by atoms with E-state index in [0.29, 0.717) is 6.07 Å². The highest BCUT2D eigenvalue weighted by Crippen LogP contribution is 2.46. The van der Waals surface area contributed by atoms with Crippen LogP contribution < -0.4 is 9.80 Å². The van der Waals surface area contributed by atoms with Crippen molar-refractivity contribution < 1.29 is 64.5 Å². The highest BCUT2D eigenvalue weighted by atomic mass is 19.4. The lowest BCUT2D eigenvalue weighted by molar-refractivity contribution is -0.277. The van der Waals surface area contributed by atoms with E-state index >= 15 is 0 Å². The molecule has 13 nitrogen and oxygen atoms in total. The lowest BCUT2D eigenvalue weighted by atomic mass is 9.95. The van der Waals surface area contributed by atoms with Crippen LogP contribution >= 0.6 is 0 Å². The second-order valence-electron chi connectivity index (χ2n) is 13.2. The first-order valence-electron chi connectivity index (χ1n) is 15.3. The van der Waals surface area contributed by atoms with Crippen molar-refractivity contribution in [3.05, 3.63) is 17.5 Å². The summed E-state index contributed by atoms with van der Waals surface area (Å²) in [7, 11) is 0. The number of nitrogens with zero attached hydrogens (tertiary/aromatic N) is 5. The van der Waals surface area contributed by atoms with Crippen LogP contribution in [0.3, 0.4) is 0 Å². The number of pyridine rings is 1. The molecule has 274 valence electrons. The molecule has 0 saturated carbocycles. The molecule has 3 rings (SSSR count). The first kappa shape index (κ1) is 39.3. The quantitative estimate of drug-likeness (QED) is 0.199. The van der Waals surface area contributed by atoms with Gasteiger partial charge in [-0.25, -0.2) is 14.6 Å². The Bertz CT molecular complexity index is 1490. The van der Waals surface area contributed by atoms with Gasteiger partial charge in [0.15, 0.2) is 5.69 Å². The molecule has 1 aliphatic rings. The average Bonchev–Trinajstić information content (AvgIpc) is 3.41. The van der Waals surface area contributed by atoms with Gasteiger partial charge in [0.1, 0.15) is 29.1 Å². The summed E-state index contributed by atoms with van der Waals surface area (Å²) in [6.07, 6.45) is -14.4. The zero-order valence-electron chi connectivity index (χ0n) is 28.0. The molecule has 1 atom stereocenters. The van der Waals surface area contributed by atoms with Crippen LogP contribution in [0.5, 0.6) is 0 Å². The lowest BCUT2D eigenvalue weighted by Crippen LogP contribution is -2.44. The number of aliphatic hydroxyl groups is 1. The molecule has 0 saturated heterocycles. The summed E-state index contributed by atoms with van der Waals surface area (Å²) in [4.78, 5) is 44.7. The summed E-state index contributed by atoms with van der Waals surface area (Å²) >= 11 is 0. The van der Waals surface area contributed by atoms with Gasteiger partial charge in [-0.05, 0) is 73.8 Å². The largest absolute Gasteiger partial charge is 0.465 e. The van der Waals surface area contributed by atoms with Crippen LogP contribution in [0.1, 0.15) is 92.0 Å². The minimum absolute atomic E-state index is 0.0660. The average molecular weight is 712 g/mol. The lowest BCUT2D eigenvalue weighted by Gasteiger charge is -2.31. The molecule has 0 aromatic carbocycles. The number of hydrogen-bond acceptors (Lipinski definition) is 12. The maximum Gasteiger partial charge on any atom is 0.426 e. The van der Waals surface area contributed by atoms with Crippen molar-refractivity contribution in [2.75, 3.05) is 29.5 Å². The molecule has 1 N–H and O–H groups in total. The Morgan fingerprint density at radius 1 is 0.939 bits per heavy atom. The van der Waals surface area contributed by atoms with E-state index in [2.05, 4.69) is 15.2 Å². The van der Waals surface area contributed by atoms with Crippen molar-refractivity contribution in [2.24, 2.45) is 0 Å². The van der Waals surface area contributed by atoms with Crippen LogP contribution in [0.15, 0.2) is 10.5 Å². The summed E-state index contributed by atoms with van der Waals surface area (Å²) in [5, 5.41) is 17.7. The van der Waals surface area contributed by atoms with Gasteiger partial charge in [-0.15, -0.1) is 10.2 Å². The van der Waals surface area contributed by atoms with Gasteiger partial charge in [0.25, 0.3) is 11.8 Å². The minimum Gasteiger partial charge on any atom is -0.465 e. The third-order valence-corrected chi connectivity index (χ3v) is 6.77. The Kier molecular flexibility index (Phi) is 11.5. The molecule has 2 aromatic heterocycles. The second kappa shape index (κ2) is 14.4. The van der Waals surface area contributed by atoms with E-state index in [1.165, 1.54) is 48.5 Å². The molecule has 0 radical (unpaired) electrons. The zero-order valence-corrected chi connectivity index (χ0v) is 28.0. The molecule has 2 amide bonds. The van der Waals surface area contributed by atoms with Crippen LogP contribution in [0.4, 0.5) is 47.4 Å². The van der Waals surface area contributed by atoms with E-state index in [1.54, 1.807) is 0 Å². The zero-order chi connectivity index (χ0) is 37.2. The SMILES string of the molecule is CCOC(=O)CN1CCCCCCC(O)(C(F)(F)F)c2nnc(o2)-c2nc1c(C(F)(F)F)cc2N(C(=O)OC(C)(C)C)C(=O)OC(C)(C)C. The molecule has 19 heteroatoms. The third kappa shape index (κ3) is 9.72. The summed E-state index contributed by atoms with van der Waals surface area (Å²) in [6, 6.07) is 0.315. The number of ether oxygens (including phenoxy) is 3. The first-order valence-corrected chi connectivity index (χ1v) is 15.3. The number of carbonyl (C=O) groups is 3. The fourth-order valence-electron chi connectivity index (χ4n) is 4.67. The summed E-state index contributed by atoms with van der Waals surface area (Å²) in [6.45, 7) is 8.84. The molecule has 2 aromatic rings. The number of imide groups is 1. The van der Waals surface area contributed by atoms with Gasteiger partial charge in [0.2, 0.25) is 5.60 Å². The van der Waals surface area contributed by atoms with Crippen LogP contribution in [0.2, 0.25) is 0 Å². The van der Waals surface area contributed by atoms with Crippen LogP contribution in [-0.4, -0.2) is 75.5 Å². The molecule has 1 aliphatic heterocycles. The van der Waals surface area contributed by atoms with Crippen molar-refractivity contribution in [2.45, 2.75) is 110 Å². The number of halogens is 6. The Hall–Kier alpha value is -4.16. The highest BCUT2D eigenvalue weighted by molar-refractivity contribution is 6.11. The predicted octanol–water partition coefficient (Wildman–Crippen LogP) is 6.91. The van der Waals surface area contributed by atoms with Gasteiger partial charge in [0.05, 0.1) is 12.3 Å². The van der Waals surface area contributed by atoms with Crippen molar-refractivity contribution in [1.82, 2.24) is 15.2 Å². The molecule has 3 heterocycles. The number of carbonyl (C=O) groups excluding carboxylic acids is 3. The summed E-state index contributed by atoms with van der Waals surface area (Å²) in [5.41, 5.74) is -9.76. The number of alkyl halides is 6. The molecule has 1 unspecified atom stereocenters. The molecular formula is C30H39F6N5O8. The number of anilines is 2. The standard InChI is InChI=1S/C30H39F6N5O8/c1-8-46-19(42)16-40-14-12-10-9-11-13-28(45,30(34,35)36)23-39-38-22(47-23)20-18(15-17(21(40)37-20)29(31,32)33)41(24(43)48-26(2,3)4)25(44)49-27(5,6)7/h15,45H,8-14,16H2,1-7H3. The smallest absolute Gasteiger partial charge is 0.426 e. The van der Waals surface area contributed by atoms with E-state index in [9.17, 15) is 45.8 Å². The molecule has 49 heavy (non-hydrogen) atoms. The van der Waals surface area contributed by atoms with Gasteiger partial charge >= 0.3 is 30.5 Å². The normalized spacial score (nSPS) is 18.0. The van der Waals surface area contributed by atoms with Crippen LogP contribution in [0, 0.1) is 0 Å². The van der Waals surface area contributed by atoms with Gasteiger partial charge < -0.3 is 28.6 Å². The van der Waals surface area contributed by atoms with Gasteiger partial charge in [-0.2, -0.15) is 31.2 Å². The number of amides is 2. The number of esters is 1. The Labute approximate surface area is 277 Å². The van der Waals surface area contributed by atoms with E-state index in [-0.39, 0.29) is 43.7 Å². The van der Waals surface area contributed by atoms with Crippen LogP contribution in [-0.2, 0) is 30.8 Å². The van der Waals surface area contributed by atoms with Crippen molar-refractivity contribution in [1.29, 1.82) is 0 Å². The summed E-state index contributed by atoms with van der Waals surface area (Å²) in [5.74, 6) is -4.20. The maximum atomic E-state index is 14.9. The molecule has 0 fully saturated rings.